The molecule has 31 heavy (non-hydrogen) atoms. The van der Waals surface area contributed by atoms with E-state index in [2.05, 4.69) is 10.6 Å². The highest BCUT2D eigenvalue weighted by molar-refractivity contribution is 5.80. The Kier molecular flexibility index (Phi) is 18.8. The Morgan fingerprint density at radius 3 is 2.06 bits per heavy atom. The monoisotopic (exact) mass is 448 g/mol. The highest BCUT2D eigenvalue weighted by Gasteiger charge is 2.15. The Hall–Kier alpha value is -1.92. The van der Waals surface area contributed by atoms with Crippen LogP contribution in [0.5, 0.6) is 0 Å². The summed E-state index contributed by atoms with van der Waals surface area (Å²) in [5.41, 5.74) is 0. The van der Waals surface area contributed by atoms with Crippen molar-refractivity contribution in [1.29, 1.82) is 0 Å². The number of carboxylic acids is 1. The summed E-state index contributed by atoms with van der Waals surface area (Å²) < 4.78 is 20.8. The minimum absolute atomic E-state index is 0.00517. The van der Waals surface area contributed by atoms with Crippen molar-refractivity contribution in [2.75, 3.05) is 66.4 Å². The van der Waals surface area contributed by atoms with Crippen LogP contribution in [-0.4, -0.2) is 101 Å². The SMILES string of the molecule is CN[C@@H](CCC(=O)CCCOCCOCC(=O)NCCOCCOCC(C)=O)C(=O)O. The molecule has 11 heteroatoms. The summed E-state index contributed by atoms with van der Waals surface area (Å²) in [5.74, 6) is -1.26. The summed E-state index contributed by atoms with van der Waals surface area (Å²) in [5, 5.41) is 14.2. The van der Waals surface area contributed by atoms with Crippen molar-refractivity contribution in [3.8, 4) is 0 Å². The maximum Gasteiger partial charge on any atom is 0.320 e. The van der Waals surface area contributed by atoms with Gasteiger partial charge in [0.25, 0.3) is 0 Å². The second-order valence-corrected chi connectivity index (χ2v) is 6.74. The van der Waals surface area contributed by atoms with Crippen molar-refractivity contribution in [2.45, 2.75) is 38.6 Å². The van der Waals surface area contributed by atoms with Gasteiger partial charge in [0.15, 0.2) is 5.78 Å². The van der Waals surface area contributed by atoms with Crippen LogP contribution < -0.4 is 10.6 Å². The second-order valence-electron chi connectivity index (χ2n) is 6.74. The van der Waals surface area contributed by atoms with Gasteiger partial charge < -0.3 is 34.7 Å². The molecule has 0 saturated heterocycles. The molecule has 0 radical (unpaired) electrons. The number of hydrogen-bond acceptors (Lipinski definition) is 9. The highest BCUT2D eigenvalue weighted by atomic mass is 16.5. The molecule has 0 rings (SSSR count). The number of likely N-dealkylation sites (N-methyl/N-ethyl adjacent to an activating group) is 1. The maximum atomic E-state index is 11.7. The van der Waals surface area contributed by atoms with E-state index >= 15 is 0 Å². The van der Waals surface area contributed by atoms with Gasteiger partial charge in [-0.05, 0) is 26.8 Å². The van der Waals surface area contributed by atoms with Gasteiger partial charge in [0.05, 0.1) is 33.0 Å². The minimum atomic E-state index is -0.965. The van der Waals surface area contributed by atoms with Crippen LogP contribution in [-0.2, 0) is 38.1 Å². The number of nitrogens with one attached hydrogen (secondary N) is 2. The Morgan fingerprint density at radius 1 is 0.839 bits per heavy atom. The maximum absolute atomic E-state index is 11.7. The van der Waals surface area contributed by atoms with Gasteiger partial charge in [-0.1, -0.05) is 0 Å². The Labute approximate surface area is 183 Å². The molecule has 3 N–H and O–H groups in total. The van der Waals surface area contributed by atoms with Gasteiger partial charge >= 0.3 is 5.97 Å². The zero-order valence-corrected chi connectivity index (χ0v) is 18.5. The van der Waals surface area contributed by atoms with E-state index in [1.54, 1.807) is 7.05 Å². The lowest BCUT2D eigenvalue weighted by molar-refractivity contribution is -0.139. The van der Waals surface area contributed by atoms with Gasteiger partial charge in [-0.15, -0.1) is 0 Å². The third-order valence-corrected chi connectivity index (χ3v) is 3.95. The average molecular weight is 449 g/mol. The number of hydrogen-bond donors (Lipinski definition) is 3. The smallest absolute Gasteiger partial charge is 0.320 e. The quantitative estimate of drug-likeness (QED) is 0.186. The number of ketones is 2. The highest BCUT2D eigenvalue weighted by Crippen LogP contribution is 2.03. The number of rotatable bonds is 22. The largest absolute Gasteiger partial charge is 0.480 e. The van der Waals surface area contributed by atoms with E-state index in [0.29, 0.717) is 52.4 Å². The van der Waals surface area contributed by atoms with Crippen molar-refractivity contribution in [3.05, 3.63) is 0 Å². The molecule has 0 bridgehead atoms. The van der Waals surface area contributed by atoms with Gasteiger partial charge in [0.1, 0.15) is 25.0 Å². The van der Waals surface area contributed by atoms with E-state index in [0.717, 1.165) is 0 Å². The fourth-order valence-electron chi connectivity index (χ4n) is 2.33. The molecule has 0 aliphatic carbocycles. The molecule has 0 aromatic carbocycles. The van der Waals surface area contributed by atoms with Crippen LogP contribution >= 0.6 is 0 Å². The van der Waals surface area contributed by atoms with Crippen LogP contribution in [0.4, 0.5) is 0 Å². The molecule has 11 nitrogen and oxygen atoms in total. The van der Waals surface area contributed by atoms with E-state index in [9.17, 15) is 19.2 Å². The normalized spacial score (nSPS) is 11.8. The third kappa shape index (κ3) is 19.8. The van der Waals surface area contributed by atoms with Crippen LogP contribution in [0.3, 0.4) is 0 Å². The van der Waals surface area contributed by atoms with E-state index in [4.69, 9.17) is 24.1 Å². The van der Waals surface area contributed by atoms with Gasteiger partial charge in [-0.2, -0.15) is 0 Å². The van der Waals surface area contributed by atoms with Crippen molar-refractivity contribution in [2.24, 2.45) is 0 Å². The summed E-state index contributed by atoms with van der Waals surface area (Å²) in [6.07, 6.45) is 1.37. The van der Waals surface area contributed by atoms with Gasteiger partial charge in [-0.3, -0.25) is 19.2 Å². The predicted octanol–water partition coefficient (Wildman–Crippen LogP) is -0.440. The predicted molar refractivity (Wildman–Crippen MR) is 111 cm³/mol. The number of carboxylic acid groups (broad SMARTS) is 1. The van der Waals surface area contributed by atoms with Gasteiger partial charge in [0.2, 0.25) is 5.91 Å². The molecule has 0 spiro atoms. The van der Waals surface area contributed by atoms with Crippen molar-refractivity contribution in [3.63, 3.8) is 0 Å². The van der Waals surface area contributed by atoms with E-state index in [1.165, 1.54) is 6.92 Å². The molecular weight excluding hydrogens is 412 g/mol. The fourth-order valence-corrected chi connectivity index (χ4v) is 2.33. The summed E-state index contributed by atoms with van der Waals surface area (Å²) >= 11 is 0. The molecule has 1 atom stereocenters. The molecular formula is C20H36N2O9. The lowest BCUT2D eigenvalue weighted by atomic mass is 10.1. The second kappa shape index (κ2) is 20.0. The molecule has 0 aromatic heterocycles. The molecule has 0 aromatic rings. The van der Waals surface area contributed by atoms with Crippen LogP contribution in [0, 0.1) is 0 Å². The lowest BCUT2D eigenvalue weighted by Gasteiger charge is -2.10. The first-order chi connectivity index (χ1) is 14.9. The first-order valence-electron chi connectivity index (χ1n) is 10.4. The number of carbonyl (C=O) groups is 4. The third-order valence-electron chi connectivity index (χ3n) is 3.95. The summed E-state index contributed by atoms with van der Waals surface area (Å²) in [6.45, 7) is 3.76. The Balaban J connectivity index is 3.41. The van der Waals surface area contributed by atoms with Gasteiger partial charge in [-0.25, -0.2) is 0 Å². The molecule has 180 valence electrons. The lowest BCUT2D eigenvalue weighted by Crippen LogP contribution is -2.34. The Bertz CT molecular complexity index is 529. The first kappa shape index (κ1) is 29.1. The minimum Gasteiger partial charge on any atom is -0.480 e. The molecule has 0 unspecified atom stereocenters. The molecule has 0 aliphatic rings. The average Bonchev–Trinajstić information content (AvgIpc) is 2.71. The standard InChI is InChI=1S/C20H36N2O9/c1-16(23)14-30-12-11-29-9-7-22-19(25)15-31-13-10-28-8-3-4-17(24)5-6-18(21-2)20(26)27/h18,21H,3-15H2,1-2H3,(H,22,25)(H,26,27)/t18-/m0/s1. The van der Waals surface area contributed by atoms with Crippen LogP contribution in [0.15, 0.2) is 0 Å². The zero-order chi connectivity index (χ0) is 23.3. The van der Waals surface area contributed by atoms with Crippen LogP contribution in [0.25, 0.3) is 0 Å². The molecule has 0 fully saturated rings. The first-order valence-corrected chi connectivity index (χ1v) is 10.4. The topological polar surface area (TPSA) is 149 Å². The van der Waals surface area contributed by atoms with Crippen molar-refractivity contribution >= 4 is 23.4 Å². The van der Waals surface area contributed by atoms with E-state index in [-0.39, 0.29) is 50.1 Å². The summed E-state index contributed by atoms with van der Waals surface area (Å²) in [7, 11) is 1.55. The van der Waals surface area contributed by atoms with Crippen molar-refractivity contribution in [1.82, 2.24) is 10.6 Å². The van der Waals surface area contributed by atoms with Crippen LogP contribution in [0.1, 0.15) is 32.6 Å². The van der Waals surface area contributed by atoms with E-state index in [1.807, 2.05) is 0 Å². The van der Waals surface area contributed by atoms with E-state index < -0.39 is 12.0 Å². The number of aliphatic carboxylic acids is 1. The Morgan fingerprint density at radius 2 is 1.45 bits per heavy atom. The van der Waals surface area contributed by atoms with Crippen LogP contribution in [0.2, 0.25) is 0 Å². The summed E-state index contributed by atoms with van der Waals surface area (Å²) in [6, 6.07) is -0.708. The van der Waals surface area contributed by atoms with Gasteiger partial charge in [0, 0.05) is 26.0 Å². The van der Waals surface area contributed by atoms with Crippen molar-refractivity contribution < 1.29 is 43.2 Å². The number of ether oxygens (including phenoxy) is 4. The number of Topliss-reactive ketones (excluding diaryl/α,β-unsaturated/α-hetero) is 2. The molecule has 0 heterocycles. The number of amides is 1. The fraction of sp³-hybridized carbons (Fsp3) is 0.800. The summed E-state index contributed by atoms with van der Waals surface area (Å²) in [4.78, 5) is 44.8. The zero-order valence-electron chi connectivity index (χ0n) is 18.5. The molecule has 0 saturated carbocycles. The number of carbonyl (C=O) groups excluding carboxylic acids is 3. The molecule has 0 aliphatic heterocycles. The molecule has 1 amide bonds.